The predicted octanol–water partition coefficient (Wildman–Crippen LogP) is 3.66. The van der Waals surface area contributed by atoms with Crippen LogP contribution in [0, 0.1) is 17.0 Å². The number of benzene rings is 1. The number of nitro benzene ring substituents is 1. The monoisotopic (exact) mass is 253 g/mol. The second-order valence-corrected chi connectivity index (χ2v) is 3.40. The molecule has 0 fully saturated rings. The van der Waals surface area contributed by atoms with Crippen LogP contribution in [0.25, 0.3) is 0 Å². The summed E-state index contributed by atoms with van der Waals surface area (Å²) in [5, 5.41) is 10.7. The number of rotatable bonds is 2. The maximum absolute atomic E-state index is 12.5. The molecule has 88 valence electrons. The van der Waals surface area contributed by atoms with Crippen LogP contribution in [0.2, 0.25) is 0 Å². The molecule has 0 aromatic heterocycles. The van der Waals surface area contributed by atoms with Crippen LogP contribution in [0.5, 0.6) is 0 Å². The summed E-state index contributed by atoms with van der Waals surface area (Å²) in [5.74, 6) is -0.199. The number of nitro groups is 1. The quantitative estimate of drug-likeness (QED) is 0.459. The smallest absolute Gasteiger partial charge is 0.258 e. The average Bonchev–Trinajstić information content (AvgIpc) is 2.14. The van der Waals surface area contributed by atoms with Gasteiger partial charge >= 0.3 is 6.18 Å². The van der Waals surface area contributed by atoms with Gasteiger partial charge in [-0.25, -0.2) is 0 Å². The Labute approximate surface area is 94.0 Å². The minimum atomic E-state index is -4.60. The summed E-state index contributed by atoms with van der Waals surface area (Å²) in [7, 11) is 0. The lowest BCUT2D eigenvalue weighted by Gasteiger charge is -2.11. The molecule has 0 aliphatic rings. The normalized spacial score (nSPS) is 11.6. The van der Waals surface area contributed by atoms with E-state index in [1.54, 1.807) is 0 Å². The van der Waals surface area contributed by atoms with Crippen LogP contribution in [0.4, 0.5) is 18.9 Å². The Morgan fingerprint density at radius 2 is 2.00 bits per heavy atom. The van der Waals surface area contributed by atoms with Gasteiger partial charge in [-0.1, -0.05) is 6.07 Å². The lowest BCUT2D eigenvalue weighted by Crippen LogP contribution is -2.10. The molecule has 3 nitrogen and oxygen atoms in total. The topological polar surface area (TPSA) is 43.1 Å². The SMILES string of the molecule is Cc1c(C(F)(F)F)ccc(CCl)c1[N+](=O)[O-]. The third-order valence-electron chi connectivity index (χ3n) is 2.15. The zero-order valence-electron chi connectivity index (χ0n) is 8.14. The third-order valence-corrected chi connectivity index (χ3v) is 2.43. The maximum atomic E-state index is 12.5. The highest BCUT2D eigenvalue weighted by Crippen LogP contribution is 2.37. The minimum absolute atomic E-state index is 0.0807. The van der Waals surface area contributed by atoms with Crippen molar-refractivity contribution in [1.82, 2.24) is 0 Å². The van der Waals surface area contributed by atoms with Crippen LogP contribution >= 0.6 is 11.6 Å². The summed E-state index contributed by atoms with van der Waals surface area (Å²) in [6.07, 6.45) is -4.60. The van der Waals surface area contributed by atoms with Crippen molar-refractivity contribution in [2.75, 3.05) is 0 Å². The Kier molecular flexibility index (Phi) is 3.42. The molecule has 1 aromatic rings. The first-order valence-corrected chi connectivity index (χ1v) is 4.72. The molecular weight excluding hydrogens is 247 g/mol. The summed E-state index contributed by atoms with van der Waals surface area (Å²) < 4.78 is 37.4. The standard InChI is InChI=1S/C9H7ClF3NO2/c1-5-7(9(11,12)13)3-2-6(4-10)8(5)14(15)16/h2-3H,4H2,1H3. The van der Waals surface area contributed by atoms with Crippen molar-refractivity contribution >= 4 is 17.3 Å². The lowest BCUT2D eigenvalue weighted by atomic mass is 10.0. The van der Waals surface area contributed by atoms with Gasteiger partial charge in [0.15, 0.2) is 0 Å². The first-order valence-electron chi connectivity index (χ1n) is 4.19. The van der Waals surface area contributed by atoms with Gasteiger partial charge in [0.05, 0.1) is 16.4 Å². The number of hydrogen-bond acceptors (Lipinski definition) is 2. The van der Waals surface area contributed by atoms with Gasteiger partial charge in [0.25, 0.3) is 5.69 Å². The molecule has 0 aliphatic heterocycles. The second kappa shape index (κ2) is 4.29. The Morgan fingerprint density at radius 1 is 1.44 bits per heavy atom. The van der Waals surface area contributed by atoms with Crippen molar-refractivity contribution in [3.8, 4) is 0 Å². The van der Waals surface area contributed by atoms with Crippen LogP contribution in [-0.2, 0) is 12.1 Å². The van der Waals surface area contributed by atoms with Gasteiger partial charge in [0, 0.05) is 11.1 Å². The summed E-state index contributed by atoms with van der Waals surface area (Å²) in [4.78, 5) is 9.82. The zero-order chi connectivity index (χ0) is 12.5. The molecule has 0 bridgehead atoms. The van der Waals surface area contributed by atoms with Crippen molar-refractivity contribution in [3.63, 3.8) is 0 Å². The van der Waals surface area contributed by atoms with E-state index < -0.39 is 27.9 Å². The zero-order valence-corrected chi connectivity index (χ0v) is 8.89. The van der Waals surface area contributed by atoms with E-state index in [1.807, 2.05) is 0 Å². The van der Waals surface area contributed by atoms with Crippen LogP contribution < -0.4 is 0 Å². The first-order chi connectivity index (χ1) is 7.29. The molecule has 7 heteroatoms. The predicted molar refractivity (Wildman–Crippen MR) is 52.4 cm³/mol. The molecular formula is C9H7ClF3NO2. The molecule has 1 aromatic carbocycles. The number of halogens is 4. The molecule has 0 unspecified atom stereocenters. The minimum Gasteiger partial charge on any atom is -0.258 e. The molecule has 0 N–H and O–H groups in total. The van der Waals surface area contributed by atoms with E-state index >= 15 is 0 Å². The van der Waals surface area contributed by atoms with Crippen LogP contribution in [0.3, 0.4) is 0 Å². The molecule has 0 atom stereocenters. The van der Waals surface area contributed by atoms with E-state index in [1.165, 1.54) is 0 Å². The van der Waals surface area contributed by atoms with Gasteiger partial charge in [-0.2, -0.15) is 13.2 Å². The number of alkyl halides is 4. The van der Waals surface area contributed by atoms with E-state index in [4.69, 9.17) is 11.6 Å². The number of hydrogen-bond donors (Lipinski definition) is 0. The van der Waals surface area contributed by atoms with Gasteiger partial charge < -0.3 is 0 Å². The molecule has 0 aliphatic carbocycles. The van der Waals surface area contributed by atoms with Crippen molar-refractivity contribution in [2.45, 2.75) is 19.0 Å². The average molecular weight is 254 g/mol. The highest BCUT2D eigenvalue weighted by Gasteiger charge is 2.36. The van der Waals surface area contributed by atoms with Crippen LogP contribution in [0.15, 0.2) is 12.1 Å². The molecule has 0 saturated heterocycles. The van der Waals surface area contributed by atoms with Crippen LogP contribution in [-0.4, -0.2) is 4.92 Å². The second-order valence-electron chi connectivity index (χ2n) is 3.13. The largest absolute Gasteiger partial charge is 0.416 e. The Bertz CT molecular complexity index is 431. The molecule has 0 heterocycles. The fraction of sp³-hybridized carbons (Fsp3) is 0.333. The van der Waals surface area contributed by atoms with E-state index in [2.05, 4.69) is 0 Å². The van der Waals surface area contributed by atoms with Crippen molar-refractivity contribution < 1.29 is 18.1 Å². The molecule has 0 saturated carbocycles. The van der Waals surface area contributed by atoms with Gasteiger partial charge in [-0.05, 0) is 13.0 Å². The molecule has 1 rings (SSSR count). The van der Waals surface area contributed by atoms with E-state index in [0.717, 1.165) is 19.1 Å². The van der Waals surface area contributed by atoms with Crippen molar-refractivity contribution in [1.29, 1.82) is 0 Å². The number of nitrogens with zero attached hydrogens (tertiary/aromatic N) is 1. The summed E-state index contributed by atoms with van der Waals surface area (Å²) in [6.45, 7) is 1.07. The Hall–Kier alpha value is -1.30. The molecule has 0 amide bonds. The van der Waals surface area contributed by atoms with Crippen LogP contribution in [0.1, 0.15) is 16.7 Å². The third kappa shape index (κ3) is 2.27. The first kappa shape index (κ1) is 12.8. The van der Waals surface area contributed by atoms with Gasteiger partial charge in [0.1, 0.15) is 0 Å². The van der Waals surface area contributed by atoms with Gasteiger partial charge in [0.2, 0.25) is 0 Å². The van der Waals surface area contributed by atoms with E-state index in [0.29, 0.717) is 0 Å². The highest BCUT2D eigenvalue weighted by atomic mass is 35.5. The van der Waals surface area contributed by atoms with Crippen molar-refractivity contribution in [2.24, 2.45) is 0 Å². The molecule has 0 spiro atoms. The maximum Gasteiger partial charge on any atom is 0.416 e. The molecule has 0 radical (unpaired) electrons. The van der Waals surface area contributed by atoms with Gasteiger partial charge in [-0.15, -0.1) is 11.6 Å². The fourth-order valence-electron chi connectivity index (χ4n) is 1.43. The van der Waals surface area contributed by atoms with E-state index in [-0.39, 0.29) is 11.4 Å². The van der Waals surface area contributed by atoms with Gasteiger partial charge in [-0.3, -0.25) is 10.1 Å². The summed E-state index contributed by atoms with van der Waals surface area (Å²) >= 11 is 5.43. The summed E-state index contributed by atoms with van der Waals surface area (Å²) in [5.41, 5.74) is -1.90. The Morgan fingerprint density at radius 3 is 2.38 bits per heavy atom. The lowest BCUT2D eigenvalue weighted by molar-refractivity contribution is -0.386. The fourth-order valence-corrected chi connectivity index (χ4v) is 1.64. The van der Waals surface area contributed by atoms with E-state index in [9.17, 15) is 23.3 Å². The Balaban J connectivity index is 3.50. The molecule has 16 heavy (non-hydrogen) atoms. The van der Waals surface area contributed by atoms with Crippen molar-refractivity contribution in [3.05, 3.63) is 38.9 Å². The highest BCUT2D eigenvalue weighted by molar-refractivity contribution is 6.17. The summed E-state index contributed by atoms with van der Waals surface area (Å²) in [6, 6.07) is 1.83.